The van der Waals surface area contributed by atoms with E-state index < -0.39 is 5.97 Å². The molecule has 0 saturated heterocycles. The molecule has 0 aliphatic heterocycles. The molecule has 30 heavy (non-hydrogen) atoms. The summed E-state index contributed by atoms with van der Waals surface area (Å²) in [5, 5.41) is 3.40. The summed E-state index contributed by atoms with van der Waals surface area (Å²) in [5.74, 6) is -0.978. The highest BCUT2D eigenvalue weighted by Gasteiger charge is 2.23. The molecule has 6 nitrogen and oxygen atoms in total. The molecule has 0 atom stereocenters. The molecule has 3 rings (SSSR count). The number of pyridine rings is 1. The third-order valence-corrected chi connectivity index (χ3v) is 4.69. The van der Waals surface area contributed by atoms with Crippen molar-refractivity contribution >= 4 is 22.8 Å². The number of nitrogens with zero attached hydrogens (tertiary/aromatic N) is 1. The van der Waals surface area contributed by atoms with Crippen molar-refractivity contribution in [2.45, 2.75) is 19.8 Å². The Morgan fingerprint density at radius 3 is 2.43 bits per heavy atom. The van der Waals surface area contributed by atoms with Crippen LogP contribution in [-0.4, -0.2) is 37.6 Å². The fourth-order valence-electron chi connectivity index (χ4n) is 3.23. The molecule has 0 bridgehead atoms. The average molecular weight is 410 g/mol. The van der Waals surface area contributed by atoms with Gasteiger partial charge in [-0.2, -0.15) is 0 Å². The highest BCUT2D eigenvalue weighted by atomic mass is 19.1. The van der Waals surface area contributed by atoms with E-state index >= 15 is 0 Å². The Morgan fingerprint density at radius 1 is 1.07 bits per heavy atom. The molecule has 0 radical (unpaired) electrons. The number of amides is 1. The molecule has 156 valence electrons. The van der Waals surface area contributed by atoms with E-state index in [0.717, 1.165) is 17.5 Å². The third-order valence-electron chi connectivity index (χ3n) is 4.69. The first-order valence-corrected chi connectivity index (χ1v) is 9.59. The fraction of sp³-hybridized carbons (Fsp3) is 0.261. The molecule has 0 fully saturated rings. The van der Waals surface area contributed by atoms with E-state index in [0.29, 0.717) is 29.4 Å². The SMILES string of the molecule is CCCNC(=O)c1cc(C(=O)OC)c(OC)c2ncc(Cc3ccc(F)cc3)cc12. The number of rotatable bonds is 7. The van der Waals surface area contributed by atoms with E-state index in [1.54, 1.807) is 18.3 Å². The van der Waals surface area contributed by atoms with Gasteiger partial charge in [-0.05, 0) is 48.2 Å². The highest BCUT2D eigenvalue weighted by molar-refractivity contribution is 6.11. The smallest absolute Gasteiger partial charge is 0.341 e. The van der Waals surface area contributed by atoms with Crippen LogP contribution in [-0.2, 0) is 11.2 Å². The number of nitrogens with one attached hydrogen (secondary N) is 1. The second-order valence-electron chi connectivity index (χ2n) is 6.80. The number of fused-ring (bicyclic) bond motifs is 1. The van der Waals surface area contributed by atoms with E-state index in [-0.39, 0.29) is 23.0 Å². The summed E-state index contributed by atoms with van der Waals surface area (Å²) in [6, 6.07) is 9.53. The number of methoxy groups -OCH3 is 2. The molecule has 1 aromatic heterocycles. The zero-order chi connectivity index (χ0) is 21.7. The third kappa shape index (κ3) is 4.40. The topological polar surface area (TPSA) is 77.5 Å². The molecule has 0 aliphatic rings. The average Bonchev–Trinajstić information content (AvgIpc) is 2.77. The van der Waals surface area contributed by atoms with Crippen LogP contribution in [0.5, 0.6) is 5.75 Å². The molecule has 0 saturated carbocycles. The van der Waals surface area contributed by atoms with Gasteiger partial charge in [0.15, 0.2) is 5.75 Å². The molecule has 2 aromatic carbocycles. The van der Waals surface area contributed by atoms with Crippen LogP contribution in [0.4, 0.5) is 4.39 Å². The summed E-state index contributed by atoms with van der Waals surface area (Å²) in [7, 11) is 2.70. The van der Waals surface area contributed by atoms with Gasteiger partial charge in [0, 0.05) is 23.7 Å². The number of hydrogen-bond donors (Lipinski definition) is 1. The van der Waals surface area contributed by atoms with Gasteiger partial charge in [0.1, 0.15) is 16.9 Å². The van der Waals surface area contributed by atoms with Crippen LogP contribution in [0.1, 0.15) is 45.2 Å². The number of aromatic nitrogens is 1. The van der Waals surface area contributed by atoms with E-state index in [9.17, 15) is 14.0 Å². The Balaban J connectivity index is 2.15. The van der Waals surface area contributed by atoms with Crippen molar-refractivity contribution in [2.75, 3.05) is 20.8 Å². The molecule has 3 aromatic rings. The lowest BCUT2D eigenvalue weighted by atomic mass is 9.98. The molecule has 0 unspecified atom stereocenters. The van der Waals surface area contributed by atoms with Gasteiger partial charge in [0.25, 0.3) is 5.91 Å². The molecular formula is C23H23FN2O4. The van der Waals surface area contributed by atoms with Crippen molar-refractivity contribution in [3.8, 4) is 5.75 Å². The number of benzene rings is 2. The van der Waals surface area contributed by atoms with Crippen LogP contribution in [0.25, 0.3) is 10.9 Å². The van der Waals surface area contributed by atoms with Crippen LogP contribution in [0.2, 0.25) is 0 Å². The van der Waals surface area contributed by atoms with Gasteiger partial charge >= 0.3 is 5.97 Å². The van der Waals surface area contributed by atoms with Gasteiger partial charge in [-0.1, -0.05) is 19.1 Å². The maximum Gasteiger partial charge on any atom is 0.341 e. The van der Waals surface area contributed by atoms with Gasteiger partial charge in [-0.15, -0.1) is 0 Å². The van der Waals surface area contributed by atoms with E-state index in [4.69, 9.17) is 9.47 Å². The lowest BCUT2D eigenvalue weighted by Crippen LogP contribution is -2.25. The minimum atomic E-state index is -0.615. The summed E-state index contributed by atoms with van der Waals surface area (Å²) in [5.41, 5.74) is 2.59. The number of carbonyl (C=O) groups is 2. The Hall–Kier alpha value is -3.48. The Labute approximate surface area is 174 Å². The lowest BCUT2D eigenvalue weighted by Gasteiger charge is -2.15. The Bertz CT molecular complexity index is 1080. The van der Waals surface area contributed by atoms with Crippen LogP contribution < -0.4 is 10.1 Å². The molecule has 1 N–H and O–H groups in total. The van der Waals surface area contributed by atoms with E-state index in [1.165, 1.54) is 32.4 Å². The van der Waals surface area contributed by atoms with E-state index in [2.05, 4.69) is 10.3 Å². The van der Waals surface area contributed by atoms with Gasteiger partial charge in [0.05, 0.1) is 14.2 Å². The van der Waals surface area contributed by atoms with Crippen molar-refractivity contribution < 1.29 is 23.5 Å². The summed E-state index contributed by atoms with van der Waals surface area (Å²) < 4.78 is 23.5. The predicted molar refractivity (Wildman–Crippen MR) is 111 cm³/mol. The largest absolute Gasteiger partial charge is 0.494 e. The quantitative estimate of drug-likeness (QED) is 0.598. The first kappa shape index (κ1) is 21.2. The zero-order valence-corrected chi connectivity index (χ0v) is 17.1. The first-order chi connectivity index (χ1) is 14.5. The number of hydrogen-bond acceptors (Lipinski definition) is 5. The fourth-order valence-corrected chi connectivity index (χ4v) is 3.23. The molecule has 1 amide bonds. The summed E-state index contributed by atoms with van der Waals surface area (Å²) in [4.78, 5) is 29.6. The monoisotopic (exact) mass is 410 g/mol. The van der Waals surface area contributed by atoms with Crippen LogP contribution in [0, 0.1) is 5.82 Å². The van der Waals surface area contributed by atoms with Gasteiger partial charge in [-0.25, -0.2) is 9.18 Å². The normalized spacial score (nSPS) is 10.7. The minimum Gasteiger partial charge on any atom is -0.494 e. The van der Waals surface area contributed by atoms with Gasteiger partial charge < -0.3 is 14.8 Å². The standard InChI is InChI=1S/C23H23FN2O4/c1-4-9-25-22(27)18-12-19(23(28)30-3)21(29-2)20-17(18)11-15(13-26-20)10-14-5-7-16(24)8-6-14/h5-8,11-13H,4,9-10H2,1-3H3,(H,25,27). The van der Waals surface area contributed by atoms with Crippen molar-refractivity contribution in [3.05, 3.63) is 70.7 Å². The highest BCUT2D eigenvalue weighted by Crippen LogP contribution is 2.33. The number of halogens is 1. The minimum absolute atomic E-state index is 0.132. The Kier molecular flexibility index (Phi) is 6.61. The molecule has 0 aliphatic carbocycles. The van der Waals surface area contributed by atoms with Crippen LogP contribution in [0.3, 0.4) is 0 Å². The lowest BCUT2D eigenvalue weighted by molar-refractivity contribution is 0.0597. The van der Waals surface area contributed by atoms with Gasteiger partial charge in [-0.3, -0.25) is 9.78 Å². The maximum atomic E-state index is 13.2. The van der Waals surface area contributed by atoms with Gasteiger partial charge in [0.2, 0.25) is 0 Å². The molecular weight excluding hydrogens is 387 g/mol. The summed E-state index contributed by atoms with van der Waals surface area (Å²) in [6.45, 7) is 2.46. The molecule has 7 heteroatoms. The maximum absolute atomic E-state index is 13.2. The van der Waals surface area contributed by atoms with Crippen molar-refractivity contribution in [1.82, 2.24) is 10.3 Å². The number of ether oxygens (including phenoxy) is 2. The summed E-state index contributed by atoms with van der Waals surface area (Å²) >= 11 is 0. The number of esters is 1. The number of carbonyl (C=O) groups excluding carboxylic acids is 2. The zero-order valence-electron chi connectivity index (χ0n) is 17.1. The van der Waals surface area contributed by atoms with Crippen molar-refractivity contribution in [2.24, 2.45) is 0 Å². The van der Waals surface area contributed by atoms with Crippen molar-refractivity contribution in [1.29, 1.82) is 0 Å². The first-order valence-electron chi connectivity index (χ1n) is 9.59. The van der Waals surface area contributed by atoms with Crippen LogP contribution in [0.15, 0.2) is 42.6 Å². The van der Waals surface area contributed by atoms with Crippen molar-refractivity contribution in [3.63, 3.8) is 0 Å². The second kappa shape index (κ2) is 9.35. The summed E-state index contributed by atoms with van der Waals surface area (Å²) in [6.07, 6.45) is 2.95. The predicted octanol–water partition coefficient (Wildman–Crippen LogP) is 3.90. The second-order valence-corrected chi connectivity index (χ2v) is 6.80. The van der Waals surface area contributed by atoms with E-state index in [1.807, 2.05) is 13.0 Å². The molecule has 1 heterocycles. The molecule has 0 spiro atoms. The van der Waals surface area contributed by atoms with Crippen LogP contribution >= 0.6 is 0 Å². The Morgan fingerprint density at radius 2 is 1.80 bits per heavy atom.